The molecule has 0 aliphatic rings. The van der Waals surface area contributed by atoms with Gasteiger partial charge in [0.05, 0.1) is 5.56 Å². The number of pyridine rings is 1. The summed E-state index contributed by atoms with van der Waals surface area (Å²) in [5.41, 5.74) is 7.82. The van der Waals surface area contributed by atoms with E-state index in [-0.39, 0.29) is 5.91 Å². The number of benzene rings is 1. The topological polar surface area (TPSA) is 85.1 Å². The van der Waals surface area contributed by atoms with Crippen LogP contribution in [0, 0.1) is 6.92 Å². The Kier molecular flexibility index (Phi) is 4.66. The molecule has 5 nitrogen and oxygen atoms in total. The SMILES string of the molecule is Cc1cccc(C[C@@H](NC(=O)c2cccnc2)C(N)=O)c1. The predicted octanol–water partition coefficient (Wildman–Crippen LogP) is 1.22. The summed E-state index contributed by atoms with van der Waals surface area (Å²) in [6.45, 7) is 1.97. The Morgan fingerprint density at radius 1 is 1.29 bits per heavy atom. The number of primary amides is 1. The van der Waals surface area contributed by atoms with Crippen LogP contribution in [0.3, 0.4) is 0 Å². The van der Waals surface area contributed by atoms with Crippen molar-refractivity contribution in [1.82, 2.24) is 10.3 Å². The van der Waals surface area contributed by atoms with Gasteiger partial charge in [0, 0.05) is 18.8 Å². The number of carbonyl (C=O) groups is 2. The van der Waals surface area contributed by atoms with Crippen molar-refractivity contribution < 1.29 is 9.59 Å². The molecule has 0 saturated heterocycles. The molecule has 0 bridgehead atoms. The third kappa shape index (κ3) is 4.14. The van der Waals surface area contributed by atoms with Crippen LogP contribution >= 0.6 is 0 Å². The number of nitrogens with two attached hydrogens (primary N) is 1. The molecule has 0 saturated carbocycles. The molecule has 108 valence electrons. The summed E-state index contributed by atoms with van der Waals surface area (Å²) in [7, 11) is 0. The van der Waals surface area contributed by atoms with Crippen molar-refractivity contribution in [3.63, 3.8) is 0 Å². The van der Waals surface area contributed by atoms with Gasteiger partial charge in [0.25, 0.3) is 5.91 Å². The molecule has 0 radical (unpaired) electrons. The van der Waals surface area contributed by atoms with Gasteiger partial charge in [0.1, 0.15) is 6.04 Å². The van der Waals surface area contributed by atoms with Crippen LogP contribution in [0.4, 0.5) is 0 Å². The molecule has 1 aromatic heterocycles. The minimum Gasteiger partial charge on any atom is -0.368 e. The molecule has 2 aromatic rings. The largest absolute Gasteiger partial charge is 0.368 e. The zero-order chi connectivity index (χ0) is 15.2. The standard InChI is InChI=1S/C16H17N3O2/c1-11-4-2-5-12(8-11)9-14(15(17)20)19-16(21)13-6-3-7-18-10-13/h2-8,10,14H,9H2,1H3,(H2,17,20)(H,19,21)/t14-/m1/s1. The first-order valence-corrected chi connectivity index (χ1v) is 6.62. The summed E-state index contributed by atoms with van der Waals surface area (Å²) in [6, 6.07) is 10.3. The fourth-order valence-electron chi connectivity index (χ4n) is 2.04. The number of amides is 2. The summed E-state index contributed by atoms with van der Waals surface area (Å²) in [6.07, 6.45) is 3.39. The first kappa shape index (κ1) is 14.7. The highest BCUT2D eigenvalue weighted by molar-refractivity contribution is 5.97. The fourth-order valence-corrected chi connectivity index (χ4v) is 2.04. The molecule has 2 rings (SSSR count). The van der Waals surface area contributed by atoms with E-state index >= 15 is 0 Å². The Hall–Kier alpha value is -2.69. The van der Waals surface area contributed by atoms with Gasteiger partial charge >= 0.3 is 0 Å². The van der Waals surface area contributed by atoms with E-state index in [0.717, 1.165) is 11.1 Å². The summed E-state index contributed by atoms with van der Waals surface area (Å²) in [4.78, 5) is 27.5. The molecule has 0 fully saturated rings. The van der Waals surface area contributed by atoms with E-state index in [9.17, 15) is 9.59 Å². The van der Waals surface area contributed by atoms with Crippen LogP contribution in [0.15, 0.2) is 48.8 Å². The van der Waals surface area contributed by atoms with Crippen molar-refractivity contribution >= 4 is 11.8 Å². The Bertz CT molecular complexity index is 641. The first-order chi connectivity index (χ1) is 10.1. The number of nitrogens with one attached hydrogen (secondary N) is 1. The molecule has 1 atom stereocenters. The van der Waals surface area contributed by atoms with E-state index < -0.39 is 11.9 Å². The average molecular weight is 283 g/mol. The Balaban J connectivity index is 2.09. The van der Waals surface area contributed by atoms with E-state index in [4.69, 9.17) is 5.73 Å². The lowest BCUT2D eigenvalue weighted by molar-refractivity contribution is -0.119. The van der Waals surface area contributed by atoms with Gasteiger partial charge in [-0.2, -0.15) is 0 Å². The van der Waals surface area contributed by atoms with Gasteiger partial charge in [-0.15, -0.1) is 0 Å². The molecule has 0 unspecified atom stereocenters. The summed E-state index contributed by atoms with van der Waals surface area (Å²) >= 11 is 0. The molecular formula is C16H17N3O2. The zero-order valence-electron chi connectivity index (χ0n) is 11.7. The number of hydrogen-bond acceptors (Lipinski definition) is 3. The highest BCUT2D eigenvalue weighted by Crippen LogP contribution is 2.07. The fraction of sp³-hybridized carbons (Fsp3) is 0.188. The maximum atomic E-state index is 12.1. The lowest BCUT2D eigenvalue weighted by Crippen LogP contribution is -2.45. The highest BCUT2D eigenvalue weighted by Gasteiger charge is 2.19. The molecule has 5 heteroatoms. The normalized spacial score (nSPS) is 11.7. The van der Waals surface area contributed by atoms with Gasteiger partial charge in [-0.25, -0.2) is 0 Å². The van der Waals surface area contributed by atoms with Crippen LogP contribution in [0.1, 0.15) is 21.5 Å². The van der Waals surface area contributed by atoms with E-state index in [1.807, 2.05) is 31.2 Å². The van der Waals surface area contributed by atoms with Crippen LogP contribution in [0.5, 0.6) is 0 Å². The number of nitrogens with zero attached hydrogens (tertiary/aromatic N) is 1. The molecule has 21 heavy (non-hydrogen) atoms. The lowest BCUT2D eigenvalue weighted by atomic mass is 10.0. The molecule has 0 aliphatic heterocycles. The molecular weight excluding hydrogens is 266 g/mol. The second kappa shape index (κ2) is 6.65. The van der Waals surface area contributed by atoms with E-state index in [2.05, 4.69) is 10.3 Å². The molecule has 0 spiro atoms. The summed E-state index contributed by atoms with van der Waals surface area (Å²) < 4.78 is 0. The van der Waals surface area contributed by atoms with Gasteiger partial charge in [0.2, 0.25) is 5.91 Å². The summed E-state index contributed by atoms with van der Waals surface area (Å²) in [5, 5.41) is 2.65. The molecule has 2 amide bonds. The minimum atomic E-state index is -0.750. The lowest BCUT2D eigenvalue weighted by Gasteiger charge is -2.15. The van der Waals surface area contributed by atoms with E-state index in [0.29, 0.717) is 12.0 Å². The predicted molar refractivity (Wildman–Crippen MR) is 79.6 cm³/mol. The first-order valence-electron chi connectivity index (χ1n) is 6.62. The van der Waals surface area contributed by atoms with Gasteiger partial charge in [-0.1, -0.05) is 29.8 Å². The third-order valence-electron chi connectivity index (χ3n) is 3.09. The van der Waals surface area contributed by atoms with Crippen LogP contribution in [0.2, 0.25) is 0 Å². The van der Waals surface area contributed by atoms with Gasteiger partial charge in [0.15, 0.2) is 0 Å². The number of hydrogen-bond donors (Lipinski definition) is 2. The van der Waals surface area contributed by atoms with Gasteiger partial charge in [-0.3, -0.25) is 14.6 Å². The van der Waals surface area contributed by atoms with Gasteiger partial charge in [-0.05, 0) is 24.6 Å². The quantitative estimate of drug-likeness (QED) is 0.865. The smallest absolute Gasteiger partial charge is 0.253 e. The molecule has 1 aromatic carbocycles. The Morgan fingerprint density at radius 3 is 2.71 bits per heavy atom. The second-order valence-corrected chi connectivity index (χ2v) is 4.86. The monoisotopic (exact) mass is 283 g/mol. The number of rotatable bonds is 5. The van der Waals surface area contributed by atoms with E-state index in [1.165, 1.54) is 6.20 Å². The van der Waals surface area contributed by atoms with Crippen molar-refractivity contribution in [3.05, 3.63) is 65.5 Å². The second-order valence-electron chi connectivity index (χ2n) is 4.86. The number of aromatic nitrogens is 1. The van der Waals surface area contributed by atoms with Crippen molar-refractivity contribution in [1.29, 1.82) is 0 Å². The zero-order valence-corrected chi connectivity index (χ0v) is 11.7. The van der Waals surface area contributed by atoms with E-state index in [1.54, 1.807) is 18.3 Å². The molecule has 0 aliphatic carbocycles. The number of aryl methyl sites for hydroxylation is 1. The van der Waals surface area contributed by atoms with Gasteiger partial charge < -0.3 is 11.1 Å². The van der Waals surface area contributed by atoms with Crippen LogP contribution in [0.25, 0.3) is 0 Å². The van der Waals surface area contributed by atoms with Crippen molar-refractivity contribution in [2.45, 2.75) is 19.4 Å². The van der Waals surface area contributed by atoms with Crippen LogP contribution in [-0.4, -0.2) is 22.8 Å². The summed E-state index contributed by atoms with van der Waals surface area (Å²) in [5.74, 6) is -0.923. The molecule has 3 N–H and O–H groups in total. The van der Waals surface area contributed by atoms with Crippen molar-refractivity contribution in [2.24, 2.45) is 5.73 Å². The third-order valence-corrected chi connectivity index (χ3v) is 3.09. The average Bonchev–Trinajstić information content (AvgIpc) is 2.47. The van der Waals surface area contributed by atoms with Crippen LogP contribution < -0.4 is 11.1 Å². The minimum absolute atomic E-state index is 0.362. The Labute approximate surface area is 123 Å². The number of carbonyl (C=O) groups excluding carboxylic acids is 2. The maximum absolute atomic E-state index is 12.1. The maximum Gasteiger partial charge on any atom is 0.253 e. The molecule has 1 heterocycles. The highest BCUT2D eigenvalue weighted by atomic mass is 16.2. The van der Waals surface area contributed by atoms with Crippen molar-refractivity contribution in [3.8, 4) is 0 Å². The van der Waals surface area contributed by atoms with Crippen LogP contribution in [-0.2, 0) is 11.2 Å². The van der Waals surface area contributed by atoms with Crippen molar-refractivity contribution in [2.75, 3.05) is 0 Å². The Morgan fingerprint density at radius 2 is 2.10 bits per heavy atom.